The third kappa shape index (κ3) is 12.2. The van der Waals surface area contributed by atoms with Gasteiger partial charge >= 0.3 is 0 Å². The SMILES string of the molecule is C=CC[C@H](C)C[C@H](C)CCOCC[C@@H](C)CC(C)=O. The van der Waals surface area contributed by atoms with Gasteiger partial charge in [-0.1, -0.05) is 26.8 Å². The number of ketones is 1. The molecule has 0 aliphatic heterocycles. The highest BCUT2D eigenvalue weighted by atomic mass is 16.5. The molecule has 0 heterocycles. The number of rotatable bonds is 12. The largest absolute Gasteiger partial charge is 0.381 e. The smallest absolute Gasteiger partial charge is 0.130 e. The molecule has 0 aromatic heterocycles. The second-order valence-electron chi connectivity index (χ2n) is 6.17. The number of carbonyl (C=O) groups is 1. The van der Waals surface area contributed by atoms with Crippen molar-refractivity contribution in [1.82, 2.24) is 0 Å². The Bertz CT molecular complexity index is 248. The summed E-state index contributed by atoms with van der Waals surface area (Å²) in [6, 6.07) is 0. The highest BCUT2D eigenvalue weighted by Gasteiger charge is 2.08. The van der Waals surface area contributed by atoms with Gasteiger partial charge < -0.3 is 9.53 Å². The summed E-state index contributed by atoms with van der Waals surface area (Å²) >= 11 is 0. The van der Waals surface area contributed by atoms with Crippen LogP contribution in [0.3, 0.4) is 0 Å². The first-order valence-electron chi connectivity index (χ1n) is 7.63. The minimum Gasteiger partial charge on any atom is -0.381 e. The molecular formula is C17H32O2. The van der Waals surface area contributed by atoms with E-state index >= 15 is 0 Å². The quantitative estimate of drug-likeness (QED) is 0.381. The molecule has 2 heteroatoms. The fraction of sp³-hybridized carbons (Fsp3) is 0.824. The van der Waals surface area contributed by atoms with Crippen molar-refractivity contribution in [2.45, 2.75) is 59.8 Å². The van der Waals surface area contributed by atoms with Gasteiger partial charge in [-0.3, -0.25) is 0 Å². The Morgan fingerprint density at radius 3 is 2.21 bits per heavy atom. The van der Waals surface area contributed by atoms with Crippen molar-refractivity contribution in [3.05, 3.63) is 12.7 Å². The predicted octanol–water partition coefficient (Wildman–Crippen LogP) is 4.64. The van der Waals surface area contributed by atoms with Gasteiger partial charge in [-0.05, 0) is 50.4 Å². The lowest BCUT2D eigenvalue weighted by Gasteiger charge is -2.16. The maximum absolute atomic E-state index is 10.9. The van der Waals surface area contributed by atoms with Gasteiger partial charge in [0.15, 0.2) is 0 Å². The first kappa shape index (κ1) is 18.4. The van der Waals surface area contributed by atoms with Crippen LogP contribution < -0.4 is 0 Å². The Balaban J connectivity index is 3.47. The topological polar surface area (TPSA) is 26.3 Å². The first-order chi connectivity index (χ1) is 8.95. The average Bonchev–Trinajstić information content (AvgIpc) is 2.27. The lowest BCUT2D eigenvalue weighted by Crippen LogP contribution is -2.09. The minimum atomic E-state index is 0.275. The van der Waals surface area contributed by atoms with E-state index in [1.54, 1.807) is 6.92 Å². The number of Topliss-reactive ketones (excluding diaryl/α,β-unsaturated/α-hetero) is 1. The second kappa shape index (κ2) is 11.2. The maximum atomic E-state index is 10.9. The molecule has 19 heavy (non-hydrogen) atoms. The molecule has 0 unspecified atom stereocenters. The monoisotopic (exact) mass is 268 g/mol. The van der Waals surface area contributed by atoms with Gasteiger partial charge in [0.1, 0.15) is 5.78 Å². The van der Waals surface area contributed by atoms with Crippen molar-refractivity contribution in [3.63, 3.8) is 0 Å². The Morgan fingerprint density at radius 1 is 1.11 bits per heavy atom. The predicted molar refractivity (Wildman–Crippen MR) is 82.3 cm³/mol. The van der Waals surface area contributed by atoms with Gasteiger partial charge in [-0.15, -0.1) is 6.58 Å². The summed E-state index contributed by atoms with van der Waals surface area (Å²) in [4.78, 5) is 10.9. The molecule has 0 spiro atoms. The zero-order valence-corrected chi connectivity index (χ0v) is 13.3. The van der Waals surface area contributed by atoms with Crippen molar-refractivity contribution in [2.24, 2.45) is 17.8 Å². The molecule has 2 nitrogen and oxygen atoms in total. The van der Waals surface area contributed by atoms with Gasteiger partial charge in [0.2, 0.25) is 0 Å². The minimum absolute atomic E-state index is 0.275. The molecule has 0 aromatic rings. The van der Waals surface area contributed by atoms with E-state index in [1.165, 1.54) is 6.42 Å². The van der Waals surface area contributed by atoms with Gasteiger partial charge in [0, 0.05) is 19.6 Å². The van der Waals surface area contributed by atoms with Crippen molar-refractivity contribution in [3.8, 4) is 0 Å². The molecule has 0 fully saturated rings. The number of hydrogen-bond donors (Lipinski definition) is 0. The van der Waals surface area contributed by atoms with Gasteiger partial charge in [0.25, 0.3) is 0 Å². The normalized spacial score (nSPS) is 15.8. The molecule has 0 rings (SSSR count). The van der Waals surface area contributed by atoms with Crippen molar-refractivity contribution in [2.75, 3.05) is 13.2 Å². The van der Waals surface area contributed by atoms with Crippen LogP contribution in [0, 0.1) is 17.8 Å². The van der Waals surface area contributed by atoms with Gasteiger partial charge in [0.05, 0.1) is 0 Å². The molecule has 0 aliphatic carbocycles. The average molecular weight is 268 g/mol. The van der Waals surface area contributed by atoms with Crippen molar-refractivity contribution in [1.29, 1.82) is 0 Å². The zero-order valence-electron chi connectivity index (χ0n) is 13.3. The van der Waals surface area contributed by atoms with Crippen LogP contribution in [0.15, 0.2) is 12.7 Å². The standard InChI is InChI=1S/C17H32O2/c1-6-7-14(2)12-15(3)8-10-19-11-9-16(4)13-17(5)18/h6,14-16H,1,7-13H2,2-5H3/t14-,15+,16+/m0/s1. The van der Waals surface area contributed by atoms with Crippen molar-refractivity contribution < 1.29 is 9.53 Å². The fourth-order valence-electron chi connectivity index (χ4n) is 2.45. The van der Waals surface area contributed by atoms with Crippen LogP contribution in [-0.4, -0.2) is 19.0 Å². The Kier molecular flexibility index (Phi) is 10.8. The molecule has 112 valence electrons. The van der Waals surface area contributed by atoms with Gasteiger partial charge in [-0.2, -0.15) is 0 Å². The highest BCUT2D eigenvalue weighted by molar-refractivity contribution is 5.75. The van der Waals surface area contributed by atoms with E-state index in [-0.39, 0.29) is 5.78 Å². The summed E-state index contributed by atoms with van der Waals surface area (Å²) in [6.07, 6.45) is 7.15. The molecule has 3 atom stereocenters. The molecule has 0 saturated carbocycles. The molecule has 0 aliphatic rings. The Morgan fingerprint density at radius 2 is 1.68 bits per heavy atom. The Labute approximate surface area is 119 Å². The highest BCUT2D eigenvalue weighted by Crippen LogP contribution is 2.18. The first-order valence-corrected chi connectivity index (χ1v) is 7.63. The van der Waals surface area contributed by atoms with Gasteiger partial charge in [-0.25, -0.2) is 0 Å². The molecule has 0 amide bonds. The van der Waals surface area contributed by atoms with E-state index in [4.69, 9.17) is 4.74 Å². The van der Waals surface area contributed by atoms with E-state index in [9.17, 15) is 4.79 Å². The lowest BCUT2D eigenvalue weighted by atomic mass is 9.93. The Hall–Kier alpha value is -0.630. The maximum Gasteiger partial charge on any atom is 0.130 e. The van der Waals surface area contributed by atoms with Crippen LogP contribution in [-0.2, 0) is 9.53 Å². The van der Waals surface area contributed by atoms with Crippen LogP contribution >= 0.6 is 0 Å². The lowest BCUT2D eigenvalue weighted by molar-refractivity contribution is -0.117. The molecule has 0 aromatic carbocycles. The van der Waals surface area contributed by atoms with E-state index in [2.05, 4.69) is 27.4 Å². The van der Waals surface area contributed by atoms with Crippen LogP contribution in [0.2, 0.25) is 0 Å². The fourth-order valence-corrected chi connectivity index (χ4v) is 2.45. The summed E-state index contributed by atoms with van der Waals surface area (Å²) in [6.45, 7) is 13.8. The third-order valence-corrected chi connectivity index (χ3v) is 3.52. The van der Waals surface area contributed by atoms with Crippen molar-refractivity contribution >= 4 is 5.78 Å². The number of ether oxygens (including phenoxy) is 1. The molecular weight excluding hydrogens is 236 g/mol. The number of hydrogen-bond acceptors (Lipinski definition) is 2. The summed E-state index contributed by atoms with van der Waals surface area (Å²) < 4.78 is 5.67. The third-order valence-electron chi connectivity index (χ3n) is 3.52. The van der Waals surface area contributed by atoms with Crippen LogP contribution in [0.25, 0.3) is 0 Å². The molecule has 0 bridgehead atoms. The van der Waals surface area contributed by atoms with Crippen LogP contribution in [0.1, 0.15) is 59.8 Å². The van der Waals surface area contributed by atoms with E-state index in [0.717, 1.165) is 38.4 Å². The summed E-state index contributed by atoms with van der Waals surface area (Å²) in [7, 11) is 0. The summed E-state index contributed by atoms with van der Waals surface area (Å²) in [5, 5.41) is 0. The number of carbonyl (C=O) groups excluding carboxylic acids is 1. The molecule has 0 radical (unpaired) electrons. The summed E-state index contributed by atoms with van der Waals surface area (Å²) in [5.41, 5.74) is 0. The van der Waals surface area contributed by atoms with Crippen LogP contribution in [0.4, 0.5) is 0 Å². The second-order valence-corrected chi connectivity index (χ2v) is 6.17. The van der Waals surface area contributed by atoms with E-state index in [1.807, 2.05) is 6.08 Å². The molecule has 0 N–H and O–H groups in total. The van der Waals surface area contributed by atoms with Crippen LogP contribution in [0.5, 0.6) is 0 Å². The number of allylic oxidation sites excluding steroid dienone is 1. The zero-order chi connectivity index (χ0) is 14.7. The van der Waals surface area contributed by atoms with E-state index in [0.29, 0.717) is 18.3 Å². The summed E-state index contributed by atoms with van der Waals surface area (Å²) in [5.74, 6) is 2.16. The molecule has 0 saturated heterocycles. The van der Waals surface area contributed by atoms with E-state index < -0.39 is 0 Å².